The van der Waals surface area contributed by atoms with Crippen LogP contribution < -0.4 is 5.32 Å². The fourth-order valence-corrected chi connectivity index (χ4v) is 3.02. The summed E-state index contributed by atoms with van der Waals surface area (Å²) in [4.78, 5) is 0. The average molecular weight is 357 g/mol. The first-order chi connectivity index (χ1) is 9.52. The molecule has 0 radical (unpaired) electrons. The molecule has 0 aliphatic carbocycles. The van der Waals surface area contributed by atoms with Crippen LogP contribution in [-0.2, 0) is 19.9 Å². The summed E-state index contributed by atoms with van der Waals surface area (Å²) in [5, 5.41) is 8.52. The molecule has 20 heavy (non-hydrogen) atoms. The minimum atomic E-state index is 0.320. The number of hydrogen-bond donors (Lipinski definition) is 1. The topological polar surface area (TPSA) is 29.9 Å². The molecule has 1 aromatic carbocycles. The molecule has 0 aliphatic heterocycles. The van der Waals surface area contributed by atoms with E-state index in [1.807, 2.05) is 31.8 Å². The molecule has 2 rings (SSSR count). The van der Waals surface area contributed by atoms with Crippen molar-refractivity contribution in [3.05, 3.63) is 50.7 Å². The first-order valence-electron chi connectivity index (χ1n) is 6.61. The smallest absolute Gasteiger partial charge is 0.0847 e. The van der Waals surface area contributed by atoms with Crippen LogP contribution in [0, 0.1) is 6.92 Å². The lowest BCUT2D eigenvalue weighted by molar-refractivity contribution is 0.533. The molecule has 5 heteroatoms. The van der Waals surface area contributed by atoms with Gasteiger partial charge in [-0.1, -0.05) is 45.7 Å². The van der Waals surface area contributed by atoms with E-state index in [-0.39, 0.29) is 0 Å². The van der Waals surface area contributed by atoms with Crippen molar-refractivity contribution < 1.29 is 0 Å². The number of nitrogens with one attached hydrogen (secondary N) is 1. The second-order valence-electron chi connectivity index (χ2n) is 4.95. The van der Waals surface area contributed by atoms with Crippen molar-refractivity contribution in [1.29, 1.82) is 0 Å². The quantitative estimate of drug-likeness (QED) is 0.888. The molecule has 0 fully saturated rings. The van der Waals surface area contributed by atoms with Gasteiger partial charge in [0.15, 0.2) is 0 Å². The molecule has 0 aliphatic rings. The lowest BCUT2D eigenvalue weighted by atomic mass is 10.0. The molecule has 2 aromatic rings. The Labute approximate surface area is 133 Å². The standard InChI is InChI=1S/C15H19BrClN3/c1-10-15(17)14(20(3)19-10)9-12(18-2)8-11-6-4-5-7-13(11)16/h4-7,12,18H,8-9H2,1-3H3. The summed E-state index contributed by atoms with van der Waals surface area (Å²) in [5.74, 6) is 0. The largest absolute Gasteiger partial charge is 0.316 e. The van der Waals surface area contributed by atoms with Crippen LogP contribution >= 0.6 is 27.5 Å². The van der Waals surface area contributed by atoms with Gasteiger partial charge in [-0.2, -0.15) is 5.10 Å². The maximum Gasteiger partial charge on any atom is 0.0847 e. The lowest BCUT2D eigenvalue weighted by Gasteiger charge is -2.17. The van der Waals surface area contributed by atoms with E-state index in [2.05, 4.69) is 44.5 Å². The minimum absolute atomic E-state index is 0.320. The Balaban J connectivity index is 2.15. The zero-order chi connectivity index (χ0) is 14.7. The molecular formula is C15H19BrClN3. The van der Waals surface area contributed by atoms with Crippen LogP contribution in [0.5, 0.6) is 0 Å². The van der Waals surface area contributed by atoms with Gasteiger partial charge in [-0.15, -0.1) is 0 Å². The van der Waals surface area contributed by atoms with E-state index < -0.39 is 0 Å². The van der Waals surface area contributed by atoms with E-state index in [1.165, 1.54) is 5.56 Å². The summed E-state index contributed by atoms with van der Waals surface area (Å²) < 4.78 is 3.02. The summed E-state index contributed by atoms with van der Waals surface area (Å²) in [6.07, 6.45) is 1.80. The molecule has 1 heterocycles. The fraction of sp³-hybridized carbons (Fsp3) is 0.400. The molecule has 0 bridgehead atoms. The van der Waals surface area contributed by atoms with Crippen molar-refractivity contribution in [2.75, 3.05) is 7.05 Å². The second kappa shape index (κ2) is 6.74. The Morgan fingerprint density at radius 1 is 1.35 bits per heavy atom. The summed E-state index contributed by atoms with van der Waals surface area (Å²) in [5.41, 5.74) is 3.26. The lowest BCUT2D eigenvalue weighted by Crippen LogP contribution is -2.31. The van der Waals surface area contributed by atoms with Gasteiger partial charge in [0.05, 0.1) is 16.4 Å². The molecule has 108 valence electrons. The number of halogens is 2. The number of benzene rings is 1. The highest BCUT2D eigenvalue weighted by Crippen LogP contribution is 2.23. The van der Waals surface area contributed by atoms with Crippen molar-refractivity contribution in [1.82, 2.24) is 15.1 Å². The molecule has 1 atom stereocenters. The average Bonchev–Trinajstić information content (AvgIpc) is 2.66. The van der Waals surface area contributed by atoms with Crippen LogP contribution in [0.4, 0.5) is 0 Å². The predicted molar refractivity (Wildman–Crippen MR) is 87.4 cm³/mol. The van der Waals surface area contributed by atoms with Gasteiger partial charge >= 0.3 is 0 Å². The third-order valence-corrected chi connectivity index (χ3v) is 4.80. The summed E-state index contributed by atoms with van der Waals surface area (Å²) in [6, 6.07) is 8.63. The maximum absolute atomic E-state index is 6.33. The Hall–Kier alpha value is -0.840. The van der Waals surface area contributed by atoms with Crippen LogP contribution in [-0.4, -0.2) is 22.9 Å². The van der Waals surface area contributed by atoms with Gasteiger partial charge in [-0.25, -0.2) is 0 Å². The van der Waals surface area contributed by atoms with Crippen LogP contribution in [0.2, 0.25) is 5.02 Å². The van der Waals surface area contributed by atoms with Crippen LogP contribution in [0.25, 0.3) is 0 Å². The zero-order valence-electron chi connectivity index (χ0n) is 12.0. The van der Waals surface area contributed by atoms with Gasteiger partial charge in [-0.05, 0) is 32.0 Å². The number of rotatable bonds is 5. The minimum Gasteiger partial charge on any atom is -0.316 e. The fourth-order valence-electron chi connectivity index (χ4n) is 2.34. The third-order valence-electron chi connectivity index (χ3n) is 3.53. The summed E-state index contributed by atoms with van der Waals surface area (Å²) in [6.45, 7) is 1.94. The van der Waals surface area contributed by atoms with Gasteiger partial charge in [-0.3, -0.25) is 4.68 Å². The highest BCUT2D eigenvalue weighted by atomic mass is 79.9. The van der Waals surface area contributed by atoms with Crippen molar-refractivity contribution >= 4 is 27.5 Å². The van der Waals surface area contributed by atoms with Gasteiger partial charge in [0.25, 0.3) is 0 Å². The van der Waals surface area contributed by atoms with Crippen LogP contribution in [0.15, 0.2) is 28.7 Å². The van der Waals surface area contributed by atoms with Gasteiger partial charge in [0, 0.05) is 24.0 Å². The Kier molecular flexibility index (Phi) is 5.24. The number of nitrogens with zero attached hydrogens (tertiary/aromatic N) is 2. The zero-order valence-corrected chi connectivity index (χ0v) is 14.3. The van der Waals surface area contributed by atoms with Crippen LogP contribution in [0.1, 0.15) is 17.0 Å². The van der Waals surface area contributed by atoms with E-state index in [1.54, 1.807) is 0 Å². The summed E-state index contributed by atoms with van der Waals surface area (Å²) in [7, 11) is 3.93. The number of aromatic nitrogens is 2. The van der Waals surface area contributed by atoms with Gasteiger partial charge < -0.3 is 5.32 Å². The first kappa shape index (κ1) is 15.5. The monoisotopic (exact) mass is 355 g/mol. The van der Waals surface area contributed by atoms with E-state index in [4.69, 9.17) is 11.6 Å². The SMILES string of the molecule is CNC(Cc1ccccc1Br)Cc1c(Cl)c(C)nn1C. The molecular weight excluding hydrogens is 338 g/mol. The van der Waals surface area contributed by atoms with Gasteiger partial charge in [0.2, 0.25) is 0 Å². The number of aryl methyl sites for hydroxylation is 2. The number of likely N-dealkylation sites (N-methyl/N-ethyl adjacent to an activating group) is 1. The van der Waals surface area contributed by atoms with E-state index in [0.29, 0.717) is 6.04 Å². The first-order valence-corrected chi connectivity index (χ1v) is 7.78. The van der Waals surface area contributed by atoms with Crippen molar-refractivity contribution in [2.24, 2.45) is 7.05 Å². The Morgan fingerprint density at radius 2 is 2.05 bits per heavy atom. The molecule has 0 spiro atoms. The highest BCUT2D eigenvalue weighted by Gasteiger charge is 2.17. The Bertz CT molecular complexity index is 595. The molecule has 0 saturated carbocycles. The maximum atomic E-state index is 6.33. The normalized spacial score (nSPS) is 12.7. The van der Waals surface area contributed by atoms with Crippen molar-refractivity contribution in [2.45, 2.75) is 25.8 Å². The van der Waals surface area contributed by atoms with Crippen LogP contribution in [0.3, 0.4) is 0 Å². The van der Waals surface area contributed by atoms with Crippen molar-refractivity contribution in [3.8, 4) is 0 Å². The third kappa shape index (κ3) is 3.43. The molecule has 0 amide bonds. The molecule has 1 N–H and O–H groups in total. The van der Waals surface area contributed by atoms with E-state index in [9.17, 15) is 0 Å². The molecule has 0 saturated heterocycles. The second-order valence-corrected chi connectivity index (χ2v) is 6.19. The predicted octanol–water partition coefficient (Wildman–Crippen LogP) is 3.52. The van der Waals surface area contributed by atoms with Gasteiger partial charge in [0.1, 0.15) is 0 Å². The molecule has 1 unspecified atom stereocenters. The highest BCUT2D eigenvalue weighted by molar-refractivity contribution is 9.10. The molecule has 1 aromatic heterocycles. The van der Waals surface area contributed by atoms with E-state index >= 15 is 0 Å². The molecule has 3 nitrogen and oxygen atoms in total. The van der Waals surface area contributed by atoms with Crippen molar-refractivity contribution in [3.63, 3.8) is 0 Å². The van der Waals surface area contributed by atoms with E-state index in [0.717, 1.165) is 33.7 Å². The number of hydrogen-bond acceptors (Lipinski definition) is 2. The summed E-state index contributed by atoms with van der Waals surface area (Å²) >= 11 is 9.93. The Morgan fingerprint density at radius 3 is 2.60 bits per heavy atom.